The molecule has 0 saturated carbocycles. The minimum atomic E-state index is -0.554. The number of rotatable bonds is 4. The van der Waals surface area contributed by atoms with Gasteiger partial charge in [0.15, 0.2) is 5.78 Å². The maximum Gasteiger partial charge on any atom is 0.407 e. The Kier molecular flexibility index (Phi) is 5.96. The van der Waals surface area contributed by atoms with E-state index in [1.807, 2.05) is 12.1 Å². The molecule has 21 heavy (non-hydrogen) atoms. The van der Waals surface area contributed by atoms with Crippen LogP contribution in [0.25, 0.3) is 0 Å². The largest absolute Gasteiger partial charge is 0.444 e. The molecule has 0 heterocycles. The maximum absolute atomic E-state index is 12.4. The van der Waals surface area contributed by atoms with Gasteiger partial charge in [0.05, 0.1) is 0 Å². The number of Topliss-reactive ketones (excluding diaryl/α,β-unsaturated/α-hetero) is 1. The highest BCUT2D eigenvalue weighted by atomic mass is 79.9. The van der Waals surface area contributed by atoms with E-state index in [0.29, 0.717) is 5.56 Å². The second-order valence-corrected chi connectivity index (χ2v) is 7.01. The monoisotopic (exact) mass is 355 g/mol. The van der Waals surface area contributed by atoms with Crippen LogP contribution in [0.3, 0.4) is 0 Å². The molecule has 5 heteroatoms. The lowest BCUT2D eigenvalue weighted by molar-refractivity contribution is 0.0493. The molecule has 0 aliphatic carbocycles. The van der Waals surface area contributed by atoms with Crippen molar-refractivity contribution in [3.8, 4) is 0 Å². The van der Waals surface area contributed by atoms with Crippen LogP contribution in [0.2, 0.25) is 0 Å². The van der Waals surface area contributed by atoms with Crippen LogP contribution in [-0.2, 0) is 4.74 Å². The van der Waals surface area contributed by atoms with Crippen molar-refractivity contribution in [2.75, 3.05) is 0 Å². The highest BCUT2D eigenvalue weighted by molar-refractivity contribution is 9.10. The number of amides is 1. The molecule has 1 N–H and O–H groups in total. The van der Waals surface area contributed by atoms with Crippen molar-refractivity contribution >= 4 is 27.8 Å². The fourth-order valence-corrected chi connectivity index (χ4v) is 2.15. The number of alkyl carbamates (subject to hydrolysis) is 1. The van der Waals surface area contributed by atoms with Gasteiger partial charge in [-0.2, -0.15) is 0 Å². The number of benzene rings is 1. The number of hydrogen-bond donors (Lipinski definition) is 1. The van der Waals surface area contributed by atoms with Crippen LogP contribution in [0.15, 0.2) is 28.7 Å². The van der Waals surface area contributed by atoms with Gasteiger partial charge in [0, 0.05) is 22.0 Å². The average molecular weight is 356 g/mol. The number of ether oxygens (including phenoxy) is 1. The molecule has 0 fully saturated rings. The molecule has 0 aliphatic rings. The van der Waals surface area contributed by atoms with E-state index in [2.05, 4.69) is 21.2 Å². The summed E-state index contributed by atoms with van der Waals surface area (Å²) < 4.78 is 6.05. The Morgan fingerprint density at radius 3 is 2.38 bits per heavy atom. The molecule has 1 amide bonds. The van der Waals surface area contributed by atoms with E-state index in [0.717, 1.165) is 4.47 Å². The first kappa shape index (κ1) is 17.7. The summed E-state index contributed by atoms with van der Waals surface area (Å²) >= 11 is 3.35. The molecule has 0 bridgehead atoms. The minimum Gasteiger partial charge on any atom is -0.444 e. The third-order valence-corrected chi connectivity index (χ3v) is 3.51. The summed E-state index contributed by atoms with van der Waals surface area (Å²) in [5.41, 5.74) is 0.0659. The van der Waals surface area contributed by atoms with Gasteiger partial charge in [-0.1, -0.05) is 35.0 Å². The zero-order valence-corrected chi connectivity index (χ0v) is 14.7. The first-order chi connectivity index (χ1) is 9.60. The van der Waals surface area contributed by atoms with Crippen LogP contribution >= 0.6 is 15.9 Å². The summed E-state index contributed by atoms with van der Waals surface area (Å²) in [5, 5.41) is 2.71. The van der Waals surface area contributed by atoms with E-state index in [4.69, 9.17) is 4.74 Å². The lowest BCUT2D eigenvalue weighted by Crippen LogP contribution is -2.42. The molecule has 1 aromatic rings. The molecule has 4 nitrogen and oxygen atoms in total. The zero-order chi connectivity index (χ0) is 16.2. The molecule has 2 unspecified atom stereocenters. The third-order valence-electron chi connectivity index (χ3n) is 3.02. The second kappa shape index (κ2) is 7.07. The van der Waals surface area contributed by atoms with E-state index in [-0.39, 0.29) is 17.7 Å². The Morgan fingerprint density at radius 1 is 1.24 bits per heavy atom. The van der Waals surface area contributed by atoms with Crippen LogP contribution in [0.4, 0.5) is 4.79 Å². The van der Waals surface area contributed by atoms with E-state index in [9.17, 15) is 9.59 Å². The van der Waals surface area contributed by atoms with Gasteiger partial charge in [0.2, 0.25) is 0 Å². The fraction of sp³-hybridized carbons (Fsp3) is 0.500. The molecule has 0 aromatic heterocycles. The molecule has 0 aliphatic heterocycles. The highest BCUT2D eigenvalue weighted by Crippen LogP contribution is 2.17. The van der Waals surface area contributed by atoms with Crippen molar-refractivity contribution < 1.29 is 14.3 Å². The first-order valence-electron chi connectivity index (χ1n) is 6.89. The smallest absolute Gasteiger partial charge is 0.407 e. The summed E-state index contributed by atoms with van der Waals surface area (Å²) in [6, 6.07) is 6.91. The summed E-state index contributed by atoms with van der Waals surface area (Å²) in [5.74, 6) is -0.355. The normalized spacial score (nSPS) is 14.2. The van der Waals surface area contributed by atoms with Gasteiger partial charge in [0.25, 0.3) is 0 Å². The van der Waals surface area contributed by atoms with Crippen LogP contribution in [0.5, 0.6) is 0 Å². The fourth-order valence-electron chi connectivity index (χ4n) is 1.75. The molecular formula is C16H22BrNO3. The van der Waals surface area contributed by atoms with Crippen molar-refractivity contribution in [3.63, 3.8) is 0 Å². The predicted octanol–water partition coefficient (Wildman–Crippen LogP) is 4.18. The van der Waals surface area contributed by atoms with Crippen molar-refractivity contribution in [1.29, 1.82) is 0 Å². The number of carbonyl (C=O) groups is 2. The van der Waals surface area contributed by atoms with Gasteiger partial charge in [0.1, 0.15) is 5.60 Å². The molecule has 0 saturated heterocycles. The Morgan fingerprint density at radius 2 is 1.86 bits per heavy atom. The number of ketones is 1. The van der Waals surface area contributed by atoms with Gasteiger partial charge in [-0.05, 0) is 39.8 Å². The molecule has 1 aromatic carbocycles. The number of halogens is 1. The maximum atomic E-state index is 12.4. The van der Waals surface area contributed by atoms with Gasteiger partial charge >= 0.3 is 6.09 Å². The van der Waals surface area contributed by atoms with Gasteiger partial charge in [-0.25, -0.2) is 4.79 Å². The van der Waals surface area contributed by atoms with E-state index >= 15 is 0 Å². The number of nitrogens with one attached hydrogen (secondary N) is 1. The van der Waals surface area contributed by atoms with Crippen molar-refractivity contribution in [2.45, 2.75) is 46.3 Å². The Balaban J connectivity index is 2.68. The lowest BCUT2D eigenvalue weighted by Gasteiger charge is -2.24. The molecule has 2 atom stereocenters. The van der Waals surface area contributed by atoms with Crippen molar-refractivity contribution in [3.05, 3.63) is 34.3 Å². The van der Waals surface area contributed by atoms with Crippen LogP contribution in [-0.4, -0.2) is 23.5 Å². The summed E-state index contributed by atoms with van der Waals surface area (Å²) in [7, 11) is 0. The first-order valence-corrected chi connectivity index (χ1v) is 7.69. The van der Waals surface area contributed by atoms with Crippen molar-refractivity contribution in [1.82, 2.24) is 5.32 Å². The lowest BCUT2D eigenvalue weighted by atomic mass is 9.93. The minimum absolute atomic E-state index is 0.0140. The highest BCUT2D eigenvalue weighted by Gasteiger charge is 2.25. The Bertz CT molecular complexity index is 522. The predicted molar refractivity (Wildman–Crippen MR) is 86.5 cm³/mol. The second-order valence-electron chi connectivity index (χ2n) is 6.10. The third kappa shape index (κ3) is 5.87. The van der Waals surface area contributed by atoms with Gasteiger partial charge in [-0.15, -0.1) is 0 Å². The molecule has 1 rings (SSSR count). The molecule has 116 valence electrons. The quantitative estimate of drug-likeness (QED) is 0.824. The molecule has 0 radical (unpaired) electrons. The summed E-state index contributed by atoms with van der Waals surface area (Å²) in [6.45, 7) is 8.99. The van der Waals surface area contributed by atoms with Crippen LogP contribution in [0, 0.1) is 5.92 Å². The van der Waals surface area contributed by atoms with Gasteiger partial charge < -0.3 is 10.1 Å². The standard InChI is InChI=1S/C16H22BrNO3/c1-10(11(2)18-15(20)21-16(3,4)5)14(19)12-7-6-8-13(17)9-12/h6-11H,1-5H3,(H,18,20). The topological polar surface area (TPSA) is 55.4 Å². The summed E-state index contributed by atoms with van der Waals surface area (Å²) in [6.07, 6.45) is -0.510. The zero-order valence-electron chi connectivity index (χ0n) is 13.1. The van der Waals surface area contributed by atoms with E-state index in [1.54, 1.807) is 46.8 Å². The van der Waals surface area contributed by atoms with Gasteiger partial charge in [-0.3, -0.25) is 4.79 Å². The number of carbonyl (C=O) groups excluding carboxylic acids is 2. The van der Waals surface area contributed by atoms with Crippen LogP contribution < -0.4 is 5.32 Å². The van der Waals surface area contributed by atoms with E-state index < -0.39 is 11.7 Å². The van der Waals surface area contributed by atoms with Crippen LogP contribution in [0.1, 0.15) is 45.0 Å². The Labute approximate surface area is 134 Å². The molecule has 0 spiro atoms. The van der Waals surface area contributed by atoms with Crippen molar-refractivity contribution in [2.24, 2.45) is 5.92 Å². The molecular weight excluding hydrogens is 334 g/mol. The Hall–Kier alpha value is -1.36. The average Bonchev–Trinajstić information content (AvgIpc) is 2.34. The van der Waals surface area contributed by atoms with E-state index in [1.165, 1.54) is 0 Å². The summed E-state index contributed by atoms with van der Waals surface area (Å²) in [4.78, 5) is 24.1. The number of hydrogen-bond acceptors (Lipinski definition) is 3. The SMILES string of the molecule is CC(NC(=O)OC(C)(C)C)C(C)C(=O)c1cccc(Br)c1.